The van der Waals surface area contributed by atoms with Crippen LogP contribution in [-0.2, 0) is 0 Å². The summed E-state index contributed by atoms with van der Waals surface area (Å²) in [5.41, 5.74) is 2.45. The normalized spacial score (nSPS) is 34.2. The molecule has 6 unspecified atom stereocenters. The average molecular weight is 661 g/mol. The molecule has 7 atom stereocenters. The van der Waals surface area contributed by atoms with Gasteiger partial charge in [0.2, 0.25) is 0 Å². The lowest BCUT2D eigenvalue weighted by Gasteiger charge is -2.47. The molecule has 4 rings (SSSR count). The van der Waals surface area contributed by atoms with Crippen molar-refractivity contribution in [2.75, 3.05) is 0 Å². The van der Waals surface area contributed by atoms with Gasteiger partial charge in [0.05, 0.1) is 7.85 Å². The molecular weight excluding hydrogens is 575 g/mol. The van der Waals surface area contributed by atoms with Gasteiger partial charge in [-0.1, -0.05) is 175 Å². The smallest absolute Gasteiger partial charge is 0.0703 e. The maximum absolute atomic E-state index is 6.43. The molecule has 0 aromatic rings. The molecule has 0 aliphatic heterocycles. The summed E-state index contributed by atoms with van der Waals surface area (Å²) < 4.78 is 0. The van der Waals surface area contributed by atoms with Crippen LogP contribution >= 0.6 is 0 Å². The molecule has 0 bridgehead atoms. The van der Waals surface area contributed by atoms with Gasteiger partial charge in [0, 0.05) is 0 Å². The standard InChI is InChI=1S/C47H85B/c1-7-16-42(19-15-18-40-26-33-46(48)41(10-4)35-40)36(6)43-27-20-39(21-28-43)17-13-12-14-34-47(11-5,44-29-22-37(8-2)23-30-44)45-31-24-38(9-3)25-32-45/h29,36-43,45-46H,7-28,30-35H2,1-6H3/t36?,37?,38?,39?,40?,41?,42?,43?,45?,46?,47-/m1/s1. The van der Waals surface area contributed by atoms with Gasteiger partial charge in [0.1, 0.15) is 0 Å². The molecule has 1 heteroatoms. The Labute approximate surface area is 304 Å². The third kappa shape index (κ3) is 11.4. The van der Waals surface area contributed by atoms with E-state index < -0.39 is 0 Å². The van der Waals surface area contributed by atoms with Crippen molar-refractivity contribution in [2.45, 2.75) is 227 Å². The SMILES string of the molecule is [B]C1CCC(CCCC(CCC)C(C)C2CCC(CCCCC[C@](CC)(C3=CCC(CC)CC3)C3CCC(CC)CC3)CC2)CC1CC. The van der Waals surface area contributed by atoms with E-state index in [-0.39, 0.29) is 0 Å². The topological polar surface area (TPSA) is 0 Å². The van der Waals surface area contributed by atoms with Crippen LogP contribution in [0.1, 0.15) is 221 Å². The zero-order valence-corrected chi connectivity index (χ0v) is 33.7. The van der Waals surface area contributed by atoms with Crippen molar-refractivity contribution in [1.29, 1.82) is 0 Å². The minimum atomic E-state index is 0.480. The van der Waals surface area contributed by atoms with Crippen LogP contribution in [0.3, 0.4) is 0 Å². The highest BCUT2D eigenvalue weighted by Crippen LogP contribution is 2.53. The molecule has 276 valence electrons. The van der Waals surface area contributed by atoms with E-state index in [0.717, 1.165) is 53.3 Å². The first-order valence-corrected chi connectivity index (χ1v) is 22.8. The molecule has 3 saturated carbocycles. The first-order valence-electron chi connectivity index (χ1n) is 22.8. The first-order chi connectivity index (χ1) is 23.4. The van der Waals surface area contributed by atoms with Crippen molar-refractivity contribution in [3.05, 3.63) is 11.6 Å². The van der Waals surface area contributed by atoms with Gasteiger partial charge in [-0.2, -0.15) is 0 Å². The van der Waals surface area contributed by atoms with Crippen molar-refractivity contribution < 1.29 is 0 Å². The van der Waals surface area contributed by atoms with Gasteiger partial charge in [0.15, 0.2) is 0 Å². The van der Waals surface area contributed by atoms with Gasteiger partial charge >= 0.3 is 0 Å². The molecule has 4 aliphatic carbocycles. The third-order valence-corrected chi connectivity index (χ3v) is 16.2. The highest BCUT2D eigenvalue weighted by atomic mass is 14.5. The van der Waals surface area contributed by atoms with Crippen LogP contribution in [0.15, 0.2) is 11.6 Å². The molecule has 0 spiro atoms. The Morgan fingerprint density at radius 3 is 2.00 bits per heavy atom. The molecule has 0 heterocycles. The van der Waals surface area contributed by atoms with Crippen molar-refractivity contribution in [1.82, 2.24) is 0 Å². The van der Waals surface area contributed by atoms with Crippen molar-refractivity contribution in [3.63, 3.8) is 0 Å². The van der Waals surface area contributed by atoms with E-state index in [1.54, 1.807) is 0 Å². The molecule has 0 nitrogen and oxygen atoms in total. The Morgan fingerprint density at radius 1 is 0.688 bits per heavy atom. The molecule has 48 heavy (non-hydrogen) atoms. The van der Waals surface area contributed by atoms with E-state index in [1.807, 2.05) is 5.57 Å². The third-order valence-electron chi connectivity index (χ3n) is 16.2. The summed E-state index contributed by atoms with van der Waals surface area (Å²) >= 11 is 0. The maximum Gasteiger partial charge on any atom is 0.0703 e. The lowest BCUT2D eigenvalue weighted by molar-refractivity contribution is 0.105. The van der Waals surface area contributed by atoms with Crippen LogP contribution in [-0.4, -0.2) is 7.85 Å². The fraction of sp³-hybridized carbons (Fsp3) is 0.957. The second-order valence-corrected chi connectivity index (χ2v) is 18.6. The average Bonchev–Trinajstić information content (AvgIpc) is 3.13. The van der Waals surface area contributed by atoms with Crippen molar-refractivity contribution >= 4 is 7.85 Å². The van der Waals surface area contributed by atoms with E-state index in [0.29, 0.717) is 11.2 Å². The largest absolute Gasteiger partial charge is 0.0845 e. The number of hydrogen-bond acceptors (Lipinski definition) is 0. The lowest BCUT2D eigenvalue weighted by atomic mass is 9.58. The Balaban J connectivity index is 1.18. The van der Waals surface area contributed by atoms with E-state index in [1.165, 1.54) is 180 Å². The summed E-state index contributed by atoms with van der Waals surface area (Å²) in [5.74, 6) is 9.08. The van der Waals surface area contributed by atoms with Crippen molar-refractivity contribution in [3.8, 4) is 0 Å². The summed E-state index contributed by atoms with van der Waals surface area (Å²) in [6, 6.07) is 0. The number of unbranched alkanes of at least 4 members (excludes halogenated alkanes) is 2. The molecular formula is C47H85B. The summed E-state index contributed by atoms with van der Waals surface area (Å²) in [6.45, 7) is 14.9. The quantitative estimate of drug-likeness (QED) is 0.0692. The Morgan fingerprint density at radius 2 is 1.38 bits per heavy atom. The monoisotopic (exact) mass is 661 g/mol. The number of allylic oxidation sites excluding steroid dienone is 2. The van der Waals surface area contributed by atoms with Crippen LogP contribution in [0, 0.1) is 58.7 Å². The van der Waals surface area contributed by atoms with E-state index in [2.05, 4.69) is 47.6 Å². The van der Waals surface area contributed by atoms with Gasteiger partial charge < -0.3 is 0 Å². The highest BCUT2D eigenvalue weighted by Gasteiger charge is 2.42. The summed E-state index contributed by atoms with van der Waals surface area (Å²) in [7, 11) is 6.43. The second kappa shape index (κ2) is 21.4. The number of rotatable bonds is 20. The Bertz CT molecular complexity index is 873. The molecule has 0 saturated heterocycles. The first kappa shape index (κ1) is 40.6. The molecule has 4 aliphatic rings. The van der Waals surface area contributed by atoms with Gasteiger partial charge in [-0.05, 0) is 123 Å². The number of hydrogen-bond donors (Lipinski definition) is 0. The summed E-state index contributed by atoms with van der Waals surface area (Å²) in [6.07, 6.45) is 43.4. The molecule has 0 aromatic heterocycles. The summed E-state index contributed by atoms with van der Waals surface area (Å²) in [5, 5.41) is 0. The zero-order chi connectivity index (χ0) is 34.4. The molecule has 2 radical (unpaired) electrons. The fourth-order valence-electron chi connectivity index (χ4n) is 12.4. The summed E-state index contributed by atoms with van der Waals surface area (Å²) in [4.78, 5) is 0. The van der Waals surface area contributed by atoms with Gasteiger partial charge in [0.25, 0.3) is 0 Å². The molecule has 0 N–H and O–H groups in total. The Hall–Kier alpha value is -0.195. The second-order valence-electron chi connectivity index (χ2n) is 18.6. The van der Waals surface area contributed by atoms with E-state index >= 15 is 0 Å². The zero-order valence-electron chi connectivity index (χ0n) is 33.7. The lowest BCUT2D eigenvalue weighted by Crippen LogP contribution is -2.36. The van der Waals surface area contributed by atoms with Crippen LogP contribution < -0.4 is 0 Å². The minimum absolute atomic E-state index is 0.480. The highest BCUT2D eigenvalue weighted by molar-refractivity contribution is 6.11. The predicted molar refractivity (Wildman–Crippen MR) is 215 cm³/mol. The van der Waals surface area contributed by atoms with Crippen LogP contribution in [0.2, 0.25) is 5.82 Å². The predicted octanol–water partition coefficient (Wildman–Crippen LogP) is 15.5. The van der Waals surface area contributed by atoms with E-state index in [4.69, 9.17) is 7.85 Å². The maximum atomic E-state index is 6.43. The van der Waals surface area contributed by atoms with Crippen LogP contribution in [0.5, 0.6) is 0 Å². The fourth-order valence-corrected chi connectivity index (χ4v) is 12.4. The Kier molecular flexibility index (Phi) is 18.1. The van der Waals surface area contributed by atoms with Crippen LogP contribution in [0.4, 0.5) is 0 Å². The molecule has 0 amide bonds. The van der Waals surface area contributed by atoms with Crippen molar-refractivity contribution in [2.24, 2.45) is 58.7 Å². The van der Waals surface area contributed by atoms with Gasteiger partial charge in [-0.3, -0.25) is 0 Å². The molecule has 0 aromatic carbocycles. The minimum Gasteiger partial charge on any atom is -0.0845 e. The van der Waals surface area contributed by atoms with Gasteiger partial charge in [-0.15, -0.1) is 0 Å². The van der Waals surface area contributed by atoms with Gasteiger partial charge in [-0.25, -0.2) is 0 Å². The molecule has 3 fully saturated rings. The van der Waals surface area contributed by atoms with E-state index in [9.17, 15) is 0 Å². The van der Waals surface area contributed by atoms with Crippen LogP contribution in [0.25, 0.3) is 0 Å².